The zero-order chi connectivity index (χ0) is 9.94. The predicted molar refractivity (Wildman–Crippen MR) is 60.4 cm³/mol. The normalized spacial score (nSPS) is 12.5. The maximum atomic E-state index is 5.31. The average molecular weight is 263 g/mol. The van der Waals surface area contributed by atoms with Crippen molar-refractivity contribution in [2.45, 2.75) is 37.2 Å². The Hall–Kier alpha value is 1.17. The minimum absolute atomic E-state index is 0.0165. The first-order chi connectivity index (χ1) is 6.31. The summed E-state index contributed by atoms with van der Waals surface area (Å²) < 4.78 is 11.4. The van der Waals surface area contributed by atoms with Crippen LogP contribution in [0.5, 0.6) is 0 Å². The fraction of sp³-hybridized carbons (Fsp3) is 1.00. The Balaban J connectivity index is 2.91. The summed E-state index contributed by atoms with van der Waals surface area (Å²) >= 11 is 3.61. The van der Waals surface area contributed by atoms with Crippen LogP contribution in [0, 0.1) is 0 Å². The molecule has 0 radical (unpaired) electrons. The molecule has 0 aliphatic carbocycles. The molecule has 2 nitrogen and oxygen atoms in total. The van der Waals surface area contributed by atoms with Crippen LogP contribution in [0.25, 0.3) is 0 Å². The highest BCUT2D eigenvalue weighted by Crippen LogP contribution is 2.12. The summed E-state index contributed by atoms with van der Waals surface area (Å²) in [6, 6.07) is 0. The lowest BCUT2D eigenvalue weighted by Crippen LogP contribution is -2.03. The highest BCUT2D eigenvalue weighted by Gasteiger charge is 2.02. The van der Waals surface area contributed by atoms with Crippen molar-refractivity contribution in [3.63, 3.8) is 0 Å². The van der Waals surface area contributed by atoms with Crippen LogP contribution < -0.4 is 0 Å². The van der Waals surface area contributed by atoms with Crippen LogP contribution in [0.4, 0.5) is 0 Å². The van der Waals surface area contributed by atoms with Crippen molar-refractivity contribution in [2.75, 3.05) is 20.0 Å². The molecule has 0 aliphatic rings. The molecule has 0 aliphatic heterocycles. The first-order valence-corrected chi connectivity index (χ1v) is 9.74. The van der Waals surface area contributed by atoms with Crippen LogP contribution in [-0.2, 0) is 9.47 Å². The topological polar surface area (TPSA) is 18.5 Å². The van der Waals surface area contributed by atoms with Gasteiger partial charge in [0.15, 0.2) is 0 Å². The summed E-state index contributed by atoms with van der Waals surface area (Å²) in [5.41, 5.74) is 0. The molecule has 0 heterocycles. The average Bonchev–Trinajstić information content (AvgIpc) is 2.16. The van der Waals surface area contributed by atoms with Gasteiger partial charge in [0.2, 0.25) is 0 Å². The summed E-state index contributed by atoms with van der Waals surface area (Å²) in [6.07, 6.45) is 3.51. The summed E-state index contributed by atoms with van der Waals surface area (Å²) in [5.74, 6) is 0. The van der Waals surface area contributed by atoms with Gasteiger partial charge in [-0.1, -0.05) is 20.3 Å². The van der Waals surface area contributed by atoms with Crippen molar-refractivity contribution >= 4 is 31.1 Å². The van der Waals surface area contributed by atoms with Crippen molar-refractivity contribution < 1.29 is 9.47 Å². The van der Waals surface area contributed by atoms with E-state index in [0.717, 1.165) is 30.1 Å². The molecular weight excluding hydrogens is 244 g/mol. The number of halogens is 1. The predicted octanol–water partition coefficient (Wildman–Crippen LogP) is 2.99. The van der Waals surface area contributed by atoms with Crippen molar-refractivity contribution in [1.29, 1.82) is 0 Å². The molecule has 4 heteroatoms. The van der Waals surface area contributed by atoms with Gasteiger partial charge in [-0.2, -0.15) is 0 Å². The number of hydrogen-bond acceptors (Lipinski definition) is 2. The molecule has 0 N–H and O–H groups in total. The Morgan fingerprint density at radius 3 is 2.62 bits per heavy atom. The maximum Gasteiger partial charge on any atom is 0.471 e. The van der Waals surface area contributed by atoms with E-state index in [1.807, 2.05) is 0 Å². The van der Waals surface area contributed by atoms with Crippen LogP contribution >= 0.6 is 12.9 Å². The second kappa shape index (κ2) is 11.2. The molecule has 0 aromatic carbocycles. The van der Waals surface area contributed by atoms with Gasteiger partial charge in [-0.15, -0.1) is 4.05 Å². The van der Waals surface area contributed by atoms with Gasteiger partial charge in [0.1, 0.15) is 6.79 Å². The van der Waals surface area contributed by atoms with E-state index in [1.54, 1.807) is 0 Å². The molecule has 0 rings (SSSR count). The second-order valence-electron chi connectivity index (χ2n) is 3.34. The fourth-order valence-corrected chi connectivity index (χ4v) is 2.35. The molecule has 0 aromatic heterocycles. The van der Waals surface area contributed by atoms with E-state index in [2.05, 4.69) is 26.7 Å². The van der Waals surface area contributed by atoms with Crippen molar-refractivity contribution in [2.24, 2.45) is 0 Å². The summed E-state index contributed by atoms with van der Waals surface area (Å²) in [5, 5.41) is 0. The van der Waals surface area contributed by atoms with E-state index in [0.29, 0.717) is 6.79 Å². The molecule has 0 fully saturated rings. The Morgan fingerprint density at radius 1 is 1.31 bits per heavy atom. The summed E-state index contributed by atoms with van der Waals surface area (Å²) in [4.78, 5) is 0. The van der Waals surface area contributed by atoms with Gasteiger partial charge in [0.05, 0.1) is 0 Å². The minimum atomic E-state index is 0.0165. The molecule has 1 atom stereocenters. The molecule has 13 heavy (non-hydrogen) atoms. The highest BCUT2D eigenvalue weighted by atomic mass is 79.9. The molecule has 0 saturated heterocycles. The van der Waals surface area contributed by atoms with Crippen LogP contribution in [-0.4, -0.2) is 38.2 Å². The molecule has 0 amide bonds. The Morgan fingerprint density at radius 2 is 2.00 bits per heavy atom. The molecule has 0 saturated carbocycles. The van der Waals surface area contributed by atoms with E-state index < -0.39 is 0 Å². The zero-order valence-electron chi connectivity index (χ0n) is 8.72. The van der Waals surface area contributed by atoms with Gasteiger partial charge in [-0.05, 0) is 12.8 Å². The van der Waals surface area contributed by atoms with E-state index in [-0.39, 0.29) is 18.2 Å². The lowest BCUT2D eigenvalue weighted by Gasteiger charge is -2.07. The second-order valence-corrected chi connectivity index (χ2v) is 6.98. The number of ether oxygens (including phenoxy) is 2. The summed E-state index contributed by atoms with van der Waals surface area (Å²) in [6.45, 7) is 6.52. The maximum absolute atomic E-state index is 5.31. The summed E-state index contributed by atoms with van der Waals surface area (Å²) in [7, 11) is 0. The third-order valence-electron chi connectivity index (χ3n) is 1.76. The van der Waals surface area contributed by atoms with Crippen molar-refractivity contribution in [3.05, 3.63) is 0 Å². The standard InChI is InChI=1S/C9H19O2.BrH.Mg/c1-3-5-6-8-11-9-10-7-4-2;;/h3H,4-9H2,1-2H3;1H;/q;;+1/p-1. The molecule has 0 bridgehead atoms. The van der Waals surface area contributed by atoms with Crippen LogP contribution in [0.15, 0.2) is 0 Å². The van der Waals surface area contributed by atoms with Crippen LogP contribution in [0.1, 0.15) is 33.1 Å². The molecular formula is C9H19BrMgO2. The molecule has 76 valence electrons. The van der Waals surface area contributed by atoms with Gasteiger partial charge in [-0.25, -0.2) is 0 Å². The lowest BCUT2D eigenvalue weighted by molar-refractivity contribution is -0.0543. The van der Waals surface area contributed by atoms with Crippen molar-refractivity contribution in [1.82, 2.24) is 0 Å². The van der Waals surface area contributed by atoms with Crippen LogP contribution in [0.3, 0.4) is 0 Å². The van der Waals surface area contributed by atoms with Crippen molar-refractivity contribution in [3.8, 4) is 0 Å². The van der Waals surface area contributed by atoms with Gasteiger partial charge in [-0.3, -0.25) is 0 Å². The van der Waals surface area contributed by atoms with E-state index in [1.165, 1.54) is 6.42 Å². The van der Waals surface area contributed by atoms with Crippen LogP contribution in [0.2, 0.25) is 4.05 Å². The largest absolute Gasteiger partial charge is 0.471 e. The Bertz CT molecular complexity index is 104. The van der Waals surface area contributed by atoms with Gasteiger partial charge in [0.25, 0.3) is 0 Å². The fourth-order valence-electron chi connectivity index (χ4n) is 0.932. The van der Waals surface area contributed by atoms with Gasteiger partial charge in [0, 0.05) is 13.2 Å². The first kappa shape index (κ1) is 14.2. The molecule has 1 unspecified atom stereocenters. The number of hydrogen-bond donors (Lipinski definition) is 0. The zero-order valence-corrected chi connectivity index (χ0v) is 11.7. The number of rotatable bonds is 9. The van der Waals surface area contributed by atoms with E-state index in [4.69, 9.17) is 9.47 Å². The van der Waals surface area contributed by atoms with E-state index in [9.17, 15) is 0 Å². The quantitative estimate of drug-likeness (QED) is 0.362. The smallest absolute Gasteiger partial charge is 0.355 e. The lowest BCUT2D eigenvalue weighted by atomic mass is 10.2. The third kappa shape index (κ3) is 11.1. The minimum Gasteiger partial charge on any atom is -0.355 e. The Kier molecular flexibility index (Phi) is 12.3. The van der Waals surface area contributed by atoms with Gasteiger partial charge < -0.3 is 22.4 Å². The first-order valence-electron chi connectivity index (χ1n) is 5.02. The molecule has 0 aromatic rings. The molecule has 0 spiro atoms. The van der Waals surface area contributed by atoms with E-state index >= 15 is 0 Å². The monoisotopic (exact) mass is 262 g/mol. The Labute approximate surface area is 97.3 Å². The van der Waals surface area contributed by atoms with Gasteiger partial charge >= 0.3 is 18.2 Å². The third-order valence-corrected chi connectivity index (χ3v) is 6.02. The highest BCUT2D eigenvalue weighted by molar-refractivity contribution is 9.23. The SMILES string of the molecule is CCCOCOCCC[CH](C)[Mg][Br].